The van der Waals surface area contributed by atoms with Gasteiger partial charge in [0.2, 0.25) is 11.8 Å². The number of fused-ring (bicyclic) bond motifs is 1. The molecular formula is C29H28N4NaO4+. The molecule has 0 atom stereocenters. The monoisotopic (exact) mass is 519 g/mol. The summed E-state index contributed by atoms with van der Waals surface area (Å²) in [6.45, 7) is 7.54. The summed E-state index contributed by atoms with van der Waals surface area (Å²) in [5.41, 5.74) is 6.52. The van der Waals surface area contributed by atoms with Crippen LogP contribution in [0.15, 0.2) is 59.0 Å². The maximum atomic E-state index is 11.6. The van der Waals surface area contributed by atoms with Gasteiger partial charge in [0.25, 0.3) is 0 Å². The van der Waals surface area contributed by atoms with E-state index in [1.807, 2.05) is 68.4 Å². The topological polar surface area (TPSA) is 114 Å². The molecule has 188 valence electrons. The van der Waals surface area contributed by atoms with Crippen molar-refractivity contribution in [1.29, 1.82) is 0 Å². The van der Waals surface area contributed by atoms with Crippen LogP contribution in [0.4, 0.5) is 0 Å². The summed E-state index contributed by atoms with van der Waals surface area (Å²) < 4.78 is 11.1. The number of nitrogens with zero attached hydrogens (tertiary/aromatic N) is 3. The van der Waals surface area contributed by atoms with Crippen molar-refractivity contribution in [1.82, 2.24) is 20.2 Å². The SMILES string of the molecule is COc1ccc(-c2nnc(-c3ccc4nc(-c5c(C)cc(CC(C)(C)C(=O)O)cc5C)[nH]c4c3)o2)cc1.[Na+]. The third kappa shape index (κ3) is 5.38. The number of H-pyrrole nitrogens is 1. The third-order valence-corrected chi connectivity index (χ3v) is 6.55. The number of carboxylic acid groups (broad SMARTS) is 1. The predicted octanol–water partition coefficient (Wildman–Crippen LogP) is 3.23. The molecule has 9 heteroatoms. The number of imidazole rings is 1. The molecule has 0 spiro atoms. The minimum Gasteiger partial charge on any atom is -0.497 e. The van der Waals surface area contributed by atoms with Crippen molar-refractivity contribution in [3.63, 3.8) is 0 Å². The Labute approximate surface area is 242 Å². The number of aryl methyl sites for hydroxylation is 2. The van der Waals surface area contributed by atoms with Gasteiger partial charge < -0.3 is 19.2 Å². The van der Waals surface area contributed by atoms with E-state index < -0.39 is 11.4 Å². The van der Waals surface area contributed by atoms with Gasteiger partial charge in [-0.25, -0.2) is 4.98 Å². The number of benzene rings is 3. The van der Waals surface area contributed by atoms with Crippen LogP contribution in [0.5, 0.6) is 5.75 Å². The number of rotatable bonds is 7. The van der Waals surface area contributed by atoms with E-state index >= 15 is 0 Å². The molecule has 0 saturated heterocycles. The van der Waals surface area contributed by atoms with Crippen molar-refractivity contribution >= 4 is 17.0 Å². The van der Waals surface area contributed by atoms with Gasteiger partial charge in [-0.3, -0.25) is 4.79 Å². The Bertz CT molecular complexity index is 1600. The molecule has 2 heterocycles. The molecule has 0 aliphatic heterocycles. The van der Waals surface area contributed by atoms with Crippen LogP contribution in [0, 0.1) is 19.3 Å². The van der Waals surface area contributed by atoms with Crippen molar-refractivity contribution in [3.8, 4) is 40.0 Å². The molecule has 0 aliphatic rings. The molecule has 2 N–H and O–H groups in total. The molecule has 38 heavy (non-hydrogen) atoms. The van der Waals surface area contributed by atoms with Crippen LogP contribution in [0.1, 0.15) is 30.5 Å². The molecule has 5 aromatic rings. The van der Waals surface area contributed by atoms with Crippen molar-refractivity contribution in [2.75, 3.05) is 7.11 Å². The number of methoxy groups -OCH3 is 1. The maximum absolute atomic E-state index is 11.6. The second-order valence-corrected chi connectivity index (χ2v) is 9.93. The molecular weight excluding hydrogens is 491 g/mol. The maximum Gasteiger partial charge on any atom is 1.00 e. The Morgan fingerprint density at radius 3 is 2.18 bits per heavy atom. The van der Waals surface area contributed by atoms with Crippen LogP contribution in [-0.4, -0.2) is 38.4 Å². The predicted molar refractivity (Wildman–Crippen MR) is 141 cm³/mol. The zero-order valence-corrected chi connectivity index (χ0v) is 24.4. The van der Waals surface area contributed by atoms with Crippen LogP contribution in [0.2, 0.25) is 0 Å². The smallest absolute Gasteiger partial charge is 0.497 e. The van der Waals surface area contributed by atoms with Gasteiger partial charge in [0.15, 0.2) is 0 Å². The van der Waals surface area contributed by atoms with E-state index in [1.165, 1.54) is 0 Å². The summed E-state index contributed by atoms with van der Waals surface area (Å²) in [7, 11) is 1.62. The van der Waals surface area contributed by atoms with Gasteiger partial charge in [0, 0.05) is 16.7 Å². The first-order valence-electron chi connectivity index (χ1n) is 12.0. The molecule has 5 rings (SSSR count). The average Bonchev–Trinajstić information content (AvgIpc) is 3.50. The summed E-state index contributed by atoms with van der Waals surface area (Å²) in [5.74, 6) is 1.56. The molecule has 0 radical (unpaired) electrons. The van der Waals surface area contributed by atoms with Crippen LogP contribution in [0.25, 0.3) is 45.3 Å². The Hall–Kier alpha value is -3.46. The number of aliphatic carboxylic acids is 1. The summed E-state index contributed by atoms with van der Waals surface area (Å²) in [4.78, 5) is 19.8. The first-order valence-corrected chi connectivity index (χ1v) is 12.0. The fraction of sp³-hybridized carbons (Fsp3) is 0.241. The normalized spacial score (nSPS) is 11.4. The average molecular weight is 520 g/mol. The molecule has 0 amide bonds. The van der Waals surface area contributed by atoms with Gasteiger partial charge in [-0.05, 0) is 93.3 Å². The number of nitrogens with one attached hydrogen (secondary N) is 1. The van der Waals surface area contributed by atoms with Crippen molar-refractivity contribution in [2.45, 2.75) is 34.1 Å². The molecule has 8 nitrogen and oxygen atoms in total. The van der Waals surface area contributed by atoms with Gasteiger partial charge in [-0.2, -0.15) is 0 Å². The van der Waals surface area contributed by atoms with E-state index in [2.05, 4.69) is 15.2 Å². The zero-order chi connectivity index (χ0) is 26.3. The number of aromatic amines is 1. The number of aromatic nitrogens is 4. The van der Waals surface area contributed by atoms with Crippen LogP contribution < -0.4 is 34.3 Å². The van der Waals surface area contributed by atoms with Crippen LogP contribution in [-0.2, 0) is 11.2 Å². The Balaban J connectivity index is 0.00000336. The Morgan fingerprint density at radius 2 is 1.58 bits per heavy atom. The summed E-state index contributed by atoms with van der Waals surface area (Å²) in [6, 6.07) is 17.3. The summed E-state index contributed by atoms with van der Waals surface area (Å²) in [6.07, 6.45) is 0.455. The molecule has 0 aliphatic carbocycles. The van der Waals surface area contributed by atoms with Crippen molar-refractivity contribution in [3.05, 3.63) is 71.3 Å². The molecule has 2 aromatic heterocycles. The van der Waals surface area contributed by atoms with Crippen molar-refractivity contribution < 1.29 is 48.6 Å². The standard InChI is InChI=1S/C29H28N4O4.Na/c1-16-12-18(15-29(3,4)28(34)35)13-17(2)24(16)25-30-22-11-8-20(14-23(22)31-25)27-33-32-26(37-27)19-6-9-21(36-5)10-7-19;/h6-14H,15H2,1-5H3,(H,30,31)(H,34,35);/q;+1. The van der Waals surface area contributed by atoms with Gasteiger partial charge in [0.05, 0.1) is 23.6 Å². The summed E-state index contributed by atoms with van der Waals surface area (Å²) >= 11 is 0. The Kier molecular flexibility index (Phi) is 7.78. The number of ether oxygens (including phenoxy) is 1. The van der Waals surface area contributed by atoms with Crippen molar-refractivity contribution in [2.24, 2.45) is 5.41 Å². The van der Waals surface area contributed by atoms with E-state index in [0.717, 1.165) is 56.0 Å². The number of carboxylic acids is 1. The first kappa shape index (κ1) is 27.6. The zero-order valence-electron chi connectivity index (χ0n) is 22.4. The second-order valence-electron chi connectivity index (χ2n) is 9.93. The van der Waals surface area contributed by atoms with Gasteiger partial charge in [-0.15, -0.1) is 10.2 Å². The quantitative estimate of drug-likeness (QED) is 0.317. The third-order valence-electron chi connectivity index (χ3n) is 6.55. The number of hydrogen-bond acceptors (Lipinski definition) is 6. The van der Waals surface area contributed by atoms with Crippen LogP contribution >= 0.6 is 0 Å². The number of hydrogen-bond donors (Lipinski definition) is 2. The largest absolute Gasteiger partial charge is 1.00 e. The van der Waals surface area contributed by atoms with Gasteiger partial charge in [0.1, 0.15) is 11.6 Å². The molecule has 0 bridgehead atoms. The van der Waals surface area contributed by atoms with Gasteiger partial charge in [-0.1, -0.05) is 12.1 Å². The number of carbonyl (C=O) groups is 1. The van der Waals surface area contributed by atoms with E-state index in [-0.39, 0.29) is 29.6 Å². The van der Waals surface area contributed by atoms with E-state index in [9.17, 15) is 9.90 Å². The Morgan fingerprint density at radius 1 is 0.974 bits per heavy atom. The van der Waals surface area contributed by atoms with Gasteiger partial charge >= 0.3 is 35.5 Å². The molecule has 0 fully saturated rings. The first-order chi connectivity index (χ1) is 17.6. The molecule has 0 saturated carbocycles. The second kappa shape index (κ2) is 10.7. The minimum absolute atomic E-state index is 0. The van der Waals surface area contributed by atoms with E-state index in [4.69, 9.17) is 14.1 Å². The minimum atomic E-state index is -0.835. The van der Waals surface area contributed by atoms with Crippen LogP contribution in [0.3, 0.4) is 0 Å². The fourth-order valence-corrected chi connectivity index (χ4v) is 4.57. The molecule has 0 unspecified atom stereocenters. The summed E-state index contributed by atoms with van der Waals surface area (Å²) in [5, 5.41) is 17.9. The van der Waals surface area contributed by atoms with E-state index in [1.54, 1.807) is 21.0 Å². The fourth-order valence-electron chi connectivity index (χ4n) is 4.57. The van der Waals surface area contributed by atoms with E-state index in [0.29, 0.717) is 18.2 Å². The molecule has 3 aromatic carbocycles.